The molecule has 0 fully saturated rings. The normalized spacial score (nSPS) is 9.89. The molecule has 0 aliphatic carbocycles. The summed E-state index contributed by atoms with van der Waals surface area (Å²) in [5.74, 6) is -0.229. The number of halogens is 1. The smallest absolute Gasteiger partial charge is 0.416 e. The quantitative estimate of drug-likeness (QED) is 0.785. The molecule has 1 rings (SSSR count). The summed E-state index contributed by atoms with van der Waals surface area (Å²) in [7, 11) is 0. The van der Waals surface area contributed by atoms with Crippen molar-refractivity contribution in [1.82, 2.24) is 4.90 Å². The maximum Gasteiger partial charge on any atom is 0.416 e. The van der Waals surface area contributed by atoms with E-state index in [2.05, 4.69) is 15.9 Å². The zero-order valence-corrected chi connectivity index (χ0v) is 11.9. The zero-order chi connectivity index (χ0) is 13.4. The number of hydrogen-bond donors (Lipinski definition) is 0. The van der Waals surface area contributed by atoms with E-state index in [9.17, 15) is 9.59 Å². The van der Waals surface area contributed by atoms with Crippen LogP contribution in [0, 0.1) is 0 Å². The van der Waals surface area contributed by atoms with E-state index in [1.165, 1.54) is 0 Å². The number of amides is 2. The van der Waals surface area contributed by atoms with Gasteiger partial charge in [-0.25, -0.2) is 9.69 Å². The molecule has 0 aromatic heterocycles. The Morgan fingerprint density at radius 1 is 1.28 bits per heavy atom. The number of ether oxygens (including phenoxy) is 1. The lowest BCUT2D eigenvalue weighted by Crippen LogP contribution is -2.37. The lowest BCUT2D eigenvalue weighted by Gasteiger charge is -2.18. The summed E-state index contributed by atoms with van der Waals surface area (Å²) < 4.78 is 5.10. The van der Waals surface area contributed by atoms with Gasteiger partial charge in [0.2, 0.25) is 5.91 Å². The molecule has 1 aromatic rings. The van der Waals surface area contributed by atoms with E-state index in [1.54, 1.807) is 6.92 Å². The Labute approximate surface area is 115 Å². The monoisotopic (exact) mass is 313 g/mol. The third kappa shape index (κ3) is 4.49. The van der Waals surface area contributed by atoms with Crippen LogP contribution < -0.4 is 0 Å². The van der Waals surface area contributed by atoms with Gasteiger partial charge in [0, 0.05) is 18.3 Å². The third-order valence-electron chi connectivity index (χ3n) is 2.35. The van der Waals surface area contributed by atoms with Crippen LogP contribution >= 0.6 is 15.9 Å². The van der Waals surface area contributed by atoms with Gasteiger partial charge in [-0.2, -0.15) is 0 Å². The van der Waals surface area contributed by atoms with Crippen LogP contribution in [-0.2, 0) is 16.1 Å². The van der Waals surface area contributed by atoms with E-state index < -0.39 is 6.09 Å². The largest absolute Gasteiger partial charge is 0.444 e. The molecule has 98 valence electrons. The van der Waals surface area contributed by atoms with E-state index in [1.807, 2.05) is 30.3 Å². The number of benzene rings is 1. The molecule has 0 saturated heterocycles. The number of carbonyl (C=O) groups excluding carboxylic acids is 2. The van der Waals surface area contributed by atoms with Crippen LogP contribution in [0.1, 0.15) is 18.9 Å². The van der Waals surface area contributed by atoms with Crippen molar-refractivity contribution in [2.75, 3.05) is 11.9 Å². The van der Waals surface area contributed by atoms with Crippen molar-refractivity contribution >= 4 is 27.9 Å². The van der Waals surface area contributed by atoms with Crippen molar-refractivity contribution in [1.29, 1.82) is 0 Å². The molecule has 0 radical (unpaired) electrons. The summed E-state index contributed by atoms with van der Waals surface area (Å²) in [5.41, 5.74) is 0.898. The highest BCUT2D eigenvalue weighted by Crippen LogP contribution is 2.05. The number of hydrogen-bond acceptors (Lipinski definition) is 3. The van der Waals surface area contributed by atoms with Crippen molar-refractivity contribution < 1.29 is 14.3 Å². The highest BCUT2D eigenvalue weighted by Gasteiger charge is 2.20. The summed E-state index contributed by atoms with van der Waals surface area (Å²) >= 11 is 3.17. The molecule has 18 heavy (non-hydrogen) atoms. The Morgan fingerprint density at radius 3 is 2.50 bits per heavy atom. The van der Waals surface area contributed by atoms with Gasteiger partial charge in [-0.3, -0.25) is 4.79 Å². The second kappa shape index (κ2) is 7.87. The van der Waals surface area contributed by atoms with E-state index in [-0.39, 0.29) is 18.9 Å². The van der Waals surface area contributed by atoms with Crippen molar-refractivity contribution in [3.8, 4) is 0 Å². The standard InChI is InChI=1S/C13H16BrNO3/c1-2-15(12(16)8-9-14)13(17)18-10-11-6-4-3-5-7-11/h3-7H,2,8-10H2,1H3. The van der Waals surface area contributed by atoms with Gasteiger partial charge < -0.3 is 4.74 Å². The first kappa shape index (κ1) is 14.7. The second-order valence-electron chi connectivity index (χ2n) is 3.62. The van der Waals surface area contributed by atoms with Gasteiger partial charge in [-0.05, 0) is 12.5 Å². The average molecular weight is 314 g/mol. The van der Waals surface area contributed by atoms with Crippen LogP contribution in [-0.4, -0.2) is 28.8 Å². The molecule has 5 heteroatoms. The minimum absolute atomic E-state index is 0.178. The van der Waals surface area contributed by atoms with Crippen LogP contribution in [0.5, 0.6) is 0 Å². The van der Waals surface area contributed by atoms with Crippen LogP contribution in [0.25, 0.3) is 0 Å². The predicted molar refractivity (Wildman–Crippen MR) is 72.4 cm³/mol. The maximum atomic E-state index is 11.7. The van der Waals surface area contributed by atoms with Crippen LogP contribution in [0.15, 0.2) is 30.3 Å². The molecule has 0 heterocycles. The van der Waals surface area contributed by atoms with Crippen molar-refractivity contribution in [2.45, 2.75) is 20.0 Å². The summed E-state index contributed by atoms with van der Waals surface area (Å²) in [6.07, 6.45) is -0.304. The average Bonchev–Trinajstić information content (AvgIpc) is 2.39. The summed E-state index contributed by atoms with van der Waals surface area (Å²) in [6, 6.07) is 9.37. The molecule has 0 bridgehead atoms. The number of carbonyl (C=O) groups is 2. The fraction of sp³-hybridized carbons (Fsp3) is 0.385. The number of nitrogens with zero attached hydrogens (tertiary/aromatic N) is 1. The highest BCUT2D eigenvalue weighted by molar-refractivity contribution is 9.09. The van der Waals surface area contributed by atoms with E-state index in [4.69, 9.17) is 4.74 Å². The lowest BCUT2D eigenvalue weighted by molar-refractivity contribution is -0.128. The molecule has 0 aliphatic rings. The number of rotatable bonds is 5. The first-order valence-electron chi connectivity index (χ1n) is 5.76. The first-order valence-corrected chi connectivity index (χ1v) is 6.88. The van der Waals surface area contributed by atoms with Gasteiger partial charge in [-0.15, -0.1) is 0 Å². The SMILES string of the molecule is CCN(C(=O)CCBr)C(=O)OCc1ccccc1. The summed E-state index contributed by atoms with van der Waals surface area (Å²) in [6.45, 7) is 2.24. The molecule has 4 nitrogen and oxygen atoms in total. The topological polar surface area (TPSA) is 46.6 Å². The fourth-order valence-electron chi connectivity index (χ4n) is 1.42. The van der Waals surface area contributed by atoms with Crippen LogP contribution in [0.3, 0.4) is 0 Å². The van der Waals surface area contributed by atoms with Gasteiger partial charge in [0.15, 0.2) is 0 Å². The Hall–Kier alpha value is -1.36. The molecule has 1 aromatic carbocycles. The van der Waals surface area contributed by atoms with E-state index >= 15 is 0 Å². The molecule has 0 unspecified atom stereocenters. The Bertz CT molecular complexity index is 394. The maximum absolute atomic E-state index is 11.7. The molecule has 0 spiro atoms. The Morgan fingerprint density at radius 2 is 1.94 bits per heavy atom. The molecule has 0 aliphatic heterocycles. The zero-order valence-electron chi connectivity index (χ0n) is 10.3. The second-order valence-corrected chi connectivity index (χ2v) is 4.41. The van der Waals surface area contributed by atoms with Crippen molar-refractivity contribution in [2.24, 2.45) is 0 Å². The van der Waals surface area contributed by atoms with E-state index in [0.29, 0.717) is 11.9 Å². The van der Waals surface area contributed by atoms with E-state index in [0.717, 1.165) is 10.5 Å². The summed E-state index contributed by atoms with van der Waals surface area (Å²) in [4.78, 5) is 24.5. The van der Waals surface area contributed by atoms with Gasteiger partial charge >= 0.3 is 6.09 Å². The first-order chi connectivity index (χ1) is 8.69. The van der Waals surface area contributed by atoms with Crippen molar-refractivity contribution in [3.05, 3.63) is 35.9 Å². The molecule has 0 saturated carbocycles. The minimum atomic E-state index is -0.590. The molecular formula is C13H16BrNO3. The van der Waals surface area contributed by atoms with Gasteiger partial charge in [0.1, 0.15) is 6.61 Å². The Balaban J connectivity index is 2.50. The molecule has 2 amide bonds. The Kier molecular flexibility index (Phi) is 6.43. The van der Waals surface area contributed by atoms with Gasteiger partial charge in [0.25, 0.3) is 0 Å². The number of alkyl halides is 1. The van der Waals surface area contributed by atoms with Crippen LogP contribution in [0.2, 0.25) is 0 Å². The predicted octanol–water partition coefficient (Wildman–Crippen LogP) is 2.96. The summed E-state index contributed by atoms with van der Waals surface area (Å²) in [5, 5.41) is 0.536. The minimum Gasteiger partial charge on any atom is -0.444 e. The fourth-order valence-corrected chi connectivity index (χ4v) is 1.76. The third-order valence-corrected chi connectivity index (χ3v) is 2.75. The molecule has 0 N–H and O–H groups in total. The highest BCUT2D eigenvalue weighted by atomic mass is 79.9. The lowest BCUT2D eigenvalue weighted by atomic mass is 10.2. The van der Waals surface area contributed by atoms with Crippen molar-refractivity contribution in [3.63, 3.8) is 0 Å². The van der Waals surface area contributed by atoms with Gasteiger partial charge in [0.05, 0.1) is 0 Å². The molecule has 0 atom stereocenters. The number of imide groups is 1. The van der Waals surface area contributed by atoms with Gasteiger partial charge in [-0.1, -0.05) is 46.3 Å². The van der Waals surface area contributed by atoms with Crippen LogP contribution in [0.4, 0.5) is 4.79 Å². The molecular weight excluding hydrogens is 298 g/mol.